The number of ketones is 1. The molecule has 5 nitrogen and oxygen atoms in total. The van der Waals surface area contributed by atoms with Crippen molar-refractivity contribution in [3.63, 3.8) is 0 Å². The Morgan fingerprint density at radius 2 is 2.11 bits per heavy atom. The third-order valence-corrected chi connectivity index (χ3v) is 2.46. The fourth-order valence-corrected chi connectivity index (χ4v) is 1.46. The first-order chi connectivity index (χ1) is 8.58. The van der Waals surface area contributed by atoms with Crippen LogP contribution in [0.15, 0.2) is 24.3 Å². The summed E-state index contributed by atoms with van der Waals surface area (Å²) in [6.07, 6.45) is 0.431. The van der Waals surface area contributed by atoms with E-state index in [1.54, 1.807) is 31.2 Å². The zero-order valence-electron chi connectivity index (χ0n) is 11.0. The summed E-state index contributed by atoms with van der Waals surface area (Å²) in [4.78, 5) is 23.2. The first-order valence-electron chi connectivity index (χ1n) is 5.77. The summed E-state index contributed by atoms with van der Waals surface area (Å²) in [6.45, 7) is 1.95. The molecule has 1 aromatic carbocycles. The molecular formula is C13H19ClN2O3. The van der Waals surface area contributed by atoms with Gasteiger partial charge in [-0.2, -0.15) is 0 Å². The van der Waals surface area contributed by atoms with Crippen molar-refractivity contribution in [3.05, 3.63) is 29.8 Å². The molecule has 0 aliphatic carbocycles. The molecule has 0 fully saturated rings. The van der Waals surface area contributed by atoms with Gasteiger partial charge in [-0.25, -0.2) is 0 Å². The average Bonchev–Trinajstić information content (AvgIpc) is 2.38. The Balaban J connectivity index is 0.00000324. The average molecular weight is 287 g/mol. The normalized spacial score (nSPS) is 11.3. The molecule has 1 unspecified atom stereocenters. The van der Waals surface area contributed by atoms with Crippen LogP contribution in [-0.4, -0.2) is 31.4 Å². The number of amides is 1. The van der Waals surface area contributed by atoms with Crippen molar-refractivity contribution >= 4 is 29.8 Å². The summed E-state index contributed by atoms with van der Waals surface area (Å²) in [5, 5.41) is 2.65. The molecule has 1 atom stereocenters. The highest BCUT2D eigenvalue weighted by molar-refractivity contribution is 5.99. The molecule has 1 amide bonds. The molecule has 0 radical (unpaired) electrons. The van der Waals surface area contributed by atoms with E-state index in [9.17, 15) is 9.59 Å². The smallest absolute Gasteiger partial charge is 0.243 e. The van der Waals surface area contributed by atoms with Gasteiger partial charge in [0.25, 0.3) is 0 Å². The summed E-state index contributed by atoms with van der Waals surface area (Å²) >= 11 is 0. The first-order valence-corrected chi connectivity index (χ1v) is 5.77. The molecule has 0 aromatic heterocycles. The van der Waals surface area contributed by atoms with Gasteiger partial charge in [0.2, 0.25) is 5.91 Å². The molecule has 3 N–H and O–H groups in total. The quantitative estimate of drug-likeness (QED) is 0.779. The summed E-state index contributed by atoms with van der Waals surface area (Å²) in [6, 6.07) is 6.07. The van der Waals surface area contributed by atoms with E-state index >= 15 is 0 Å². The fraction of sp³-hybridized carbons (Fsp3) is 0.385. The maximum absolute atomic E-state index is 11.7. The van der Waals surface area contributed by atoms with Gasteiger partial charge in [0.15, 0.2) is 5.78 Å². The Morgan fingerprint density at radius 3 is 2.68 bits per heavy atom. The van der Waals surface area contributed by atoms with Crippen molar-refractivity contribution < 1.29 is 14.3 Å². The number of halogens is 1. The number of hydrogen-bond acceptors (Lipinski definition) is 4. The number of carbonyl (C=O) groups excluding carboxylic acids is 2. The van der Waals surface area contributed by atoms with Gasteiger partial charge in [0.1, 0.15) is 6.04 Å². The van der Waals surface area contributed by atoms with Gasteiger partial charge in [-0.3, -0.25) is 9.59 Å². The molecule has 0 bridgehead atoms. The second kappa shape index (κ2) is 8.63. The Morgan fingerprint density at radius 1 is 1.42 bits per heavy atom. The number of hydrogen-bond donors (Lipinski definition) is 2. The van der Waals surface area contributed by atoms with Gasteiger partial charge in [-0.1, -0.05) is 19.1 Å². The maximum Gasteiger partial charge on any atom is 0.243 e. The van der Waals surface area contributed by atoms with E-state index in [-0.39, 0.29) is 30.7 Å². The van der Waals surface area contributed by atoms with Crippen molar-refractivity contribution in [1.82, 2.24) is 0 Å². The van der Waals surface area contributed by atoms with Crippen molar-refractivity contribution in [2.45, 2.75) is 19.4 Å². The Kier molecular flexibility index (Phi) is 7.98. The van der Waals surface area contributed by atoms with Gasteiger partial charge in [-0.05, 0) is 12.1 Å². The maximum atomic E-state index is 11.7. The largest absolute Gasteiger partial charge is 0.383 e. The van der Waals surface area contributed by atoms with E-state index in [4.69, 9.17) is 10.5 Å². The SMILES string of the molecule is CCC(=O)c1cccc(NC(=O)C(N)COC)c1.Cl. The Bertz CT molecular complexity index is 438. The fourth-order valence-electron chi connectivity index (χ4n) is 1.46. The number of ether oxygens (including phenoxy) is 1. The molecule has 19 heavy (non-hydrogen) atoms. The van der Waals surface area contributed by atoms with E-state index in [0.717, 1.165) is 0 Å². The molecule has 0 heterocycles. The highest BCUT2D eigenvalue weighted by Gasteiger charge is 2.13. The molecule has 6 heteroatoms. The molecule has 0 aliphatic heterocycles. The predicted molar refractivity (Wildman–Crippen MR) is 76.8 cm³/mol. The minimum absolute atomic E-state index is 0. The second-order valence-corrected chi connectivity index (χ2v) is 3.91. The number of rotatable bonds is 6. The lowest BCUT2D eigenvalue weighted by Gasteiger charge is -2.11. The second-order valence-electron chi connectivity index (χ2n) is 3.91. The van der Waals surface area contributed by atoms with Crippen molar-refractivity contribution in [2.24, 2.45) is 5.73 Å². The zero-order valence-corrected chi connectivity index (χ0v) is 11.8. The van der Waals surface area contributed by atoms with Crippen molar-refractivity contribution in [3.8, 4) is 0 Å². The van der Waals surface area contributed by atoms with E-state index in [2.05, 4.69) is 5.32 Å². The number of Topliss-reactive ketones (excluding diaryl/α,β-unsaturated/α-hetero) is 1. The zero-order chi connectivity index (χ0) is 13.5. The number of methoxy groups -OCH3 is 1. The summed E-state index contributed by atoms with van der Waals surface area (Å²) in [5.74, 6) is -0.301. The minimum Gasteiger partial charge on any atom is -0.383 e. The van der Waals surface area contributed by atoms with E-state index in [1.807, 2.05) is 0 Å². The highest BCUT2D eigenvalue weighted by Crippen LogP contribution is 2.12. The number of benzene rings is 1. The van der Waals surface area contributed by atoms with Crippen LogP contribution in [0.3, 0.4) is 0 Å². The van der Waals surface area contributed by atoms with Crippen molar-refractivity contribution in [1.29, 1.82) is 0 Å². The van der Waals surface area contributed by atoms with Crippen LogP contribution in [0, 0.1) is 0 Å². The third kappa shape index (κ3) is 5.38. The van der Waals surface area contributed by atoms with Crippen molar-refractivity contribution in [2.75, 3.05) is 19.0 Å². The summed E-state index contributed by atoms with van der Waals surface area (Å²) < 4.78 is 4.80. The summed E-state index contributed by atoms with van der Waals surface area (Å²) in [7, 11) is 1.48. The standard InChI is InChI=1S/C13H18N2O3.ClH/c1-3-12(16)9-5-4-6-10(7-9)15-13(17)11(14)8-18-2;/h4-7,11H,3,8,14H2,1-2H3,(H,15,17);1H. The molecule has 1 aromatic rings. The van der Waals surface area contributed by atoms with Crippen LogP contribution in [0.2, 0.25) is 0 Å². The molecule has 1 rings (SSSR count). The van der Waals surface area contributed by atoms with Gasteiger partial charge < -0.3 is 15.8 Å². The number of nitrogens with two attached hydrogens (primary N) is 1. The molecule has 0 saturated carbocycles. The van der Waals surface area contributed by atoms with Crippen LogP contribution in [0.25, 0.3) is 0 Å². The lowest BCUT2D eigenvalue weighted by atomic mass is 10.1. The molecule has 0 spiro atoms. The summed E-state index contributed by atoms with van der Waals surface area (Å²) in [5.41, 5.74) is 6.74. The van der Waals surface area contributed by atoms with Crippen LogP contribution in [0.4, 0.5) is 5.69 Å². The van der Waals surface area contributed by atoms with Gasteiger partial charge >= 0.3 is 0 Å². The lowest BCUT2D eigenvalue weighted by Crippen LogP contribution is -2.39. The van der Waals surface area contributed by atoms with Crippen LogP contribution >= 0.6 is 12.4 Å². The number of anilines is 1. The third-order valence-electron chi connectivity index (χ3n) is 2.46. The Labute approximate surface area is 118 Å². The van der Waals surface area contributed by atoms with Crippen LogP contribution in [0.1, 0.15) is 23.7 Å². The topological polar surface area (TPSA) is 81.4 Å². The number of carbonyl (C=O) groups is 2. The van der Waals surface area contributed by atoms with E-state index in [1.165, 1.54) is 7.11 Å². The van der Waals surface area contributed by atoms with E-state index in [0.29, 0.717) is 17.7 Å². The minimum atomic E-state index is -0.722. The van der Waals surface area contributed by atoms with Gasteiger partial charge in [-0.15, -0.1) is 12.4 Å². The molecule has 0 aliphatic rings. The van der Waals surface area contributed by atoms with Crippen LogP contribution in [0.5, 0.6) is 0 Å². The predicted octanol–water partition coefficient (Wildman–Crippen LogP) is 1.61. The lowest BCUT2D eigenvalue weighted by molar-refractivity contribution is -0.118. The van der Waals surface area contributed by atoms with Crippen LogP contribution < -0.4 is 11.1 Å². The van der Waals surface area contributed by atoms with Gasteiger partial charge in [0.05, 0.1) is 6.61 Å². The molecule has 0 saturated heterocycles. The highest BCUT2D eigenvalue weighted by atomic mass is 35.5. The Hall–Kier alpha value is -1.43. The van der Waals surface area contributed by atoms with Gasteiger partial charge in [0, 0.05) is 24.8 Å². The first kappa shape index (κ1) is 17.6. The van der Waals surface area contributed by atoms with E-state index < -0.39 is 6.04 Å². The van der Waals surface area contributed by atoms with Crippen LogP contribution in [-0.2, 0) is 9.53 Å². The number of nitrogens with one attached hydrogen (secondary N) is 1. The molecule has 106 valence electrons. The monoisotopic (exact) mass is 286 g/mol. The molecular weight excluding hydrogens is 268 g/mol.